The molecule has 0 N–H and O–H groups in total. The van der Waals surface area contributed by atoms with Crippen LogP contribution in [-0.4, -0.2) is 21.1 Å². The minimum absolute atomic E-state index is 0.0450. The number of carbonyl (C=O) groups is 1. The summed E-state index contributed by atoms with van der Waals surface area (Å²) in [5.74, 6) is -2.49. The number of fused-ring (bicyclic) bond motifs is 2. The van der Waals surface area contributed by atoms with Crippen molar-refractivity contribution in [3.05, 3.63) is 82.1 Å². The van der Waals surface area contributed by atoms with Crippen molar-refractivity contribution in [3.63, 3.8) is 0 Å². The molecule has 0 aliphatic rings. The number of carbonyl (C=O) groups excluding carboxylic acids is 1. The third-order valence-corrected chi connectivity index (χ3v) is 5.65. The molecule has 3 aromatic carbocycles. The van der Waals surface area contributed by atoms with Crippen LogP contribution in [0.25, 0.3) is 21.7 Å². The predicted octanol–water partition coefficient (Wildman–Crippen LogP) is 4.82. The second kappa shape index (κ2) is 7.75. The summed E-state index contributed by atoms with van der Waals surface area (Å²) in [6.07, 6.45) is 0. The molecule has 0 radical (unpaired) electrons. The van der Waals surface area contributed by atoms with E-state index in [9.17, 15) is 18.4 Å². The van der Waals surface area contributed by atoms with Gasteiger partial charge in [0, 0.05) is 12.1 Å². The minimum Gasteiger partial charge on any atom is -0.293 e. The molecule has 146 valence electrons. The van der Waals surface area contributed by atoms with Gasteiger partial charge in [0.15, 0.2) is 22.6 Å². The van der Waals surface area contributed by atoms with Gasteiger partial charge in [-0.25, -0.2) is 13.8 Å². The van der Waals surface area contributed by atoms with E-state index in [2.05, 4.69) is 4.98 Å². The van der Waals surface area contributed by atoms with Gasteiger partial charge in [0.25, 0.3) is 5.56 Å². The van der Waals surface area contributed by atoms with E-state index in [0.717, 1.165) is 34.7 Å². The highest BCUT2D eigenvalue weighted by Gasteiger charge is 2.15. The summed E-state index contributed by atoms with van der Waals surface area (Å²) in [5.41, 5.74) is 0.459. The first-order chi connectivity index (χ1) is 14.0. The standard InChI is InChI=1S/C22H16F2N2O2S/c1-2-26-21(28)16-9-13-5-3-4-6-14(13)11-19(16)25-22(26)29-12-20(27)15-7-8-17(23)18(24)10-15/h3-11H,2,12H2,1H3. The number of thioether (sulfide) groups is 1. The van der Waals surface area contributed by atoms with E-state index in [1.165, 1.54) is 10.6 Å². The molecule has 0 spiro atoms. The van der Waals surface area contributed by atoms with Crippen LogP contribution >= 0.6 is 11.8 Å². The second-order valence-electron chi connectivity index (χ2n) is 6.50. The fraction of sp³-hybridized carbons (Fsp3) is 0.136. The minimum atomic E-state index is -1.07. The van der Waals surface area contributed by atoms with Gasteiger partial charge in [0.2, 0.25) is 0 Å². The molecule has 0 amide bonds. The summed E-state index contributed by atoms with van der Waals surface area (Å²) in [6.45, 7) is 2.23. The molecule has 0 aliphatic carbocycles. The molecule has 0 saturated heterocycles. The zero-order chi connectivity index (χ0) is 20.5. The first kappa shape index (κ1) is 19.3. The summed E-state index contributed by atoms with van der Waals surface area (Å²) >= 11 is 1.11. The fourth-order valence-electron chi connectivity index (χ4n) is 3.16. The van der Waals surface area contributed by atoms with Crippen LogP contribution < -0.4 is 5.56 Å². The van der Waals surface area contributed by atoms with Crippen molar-refractivity contribution >= 4 is 39.2 Å². The number of Topliss-reactive ketones (excluding diaryl/α,β-unsaturated/α-hetero) is 1. The lowest BCUT2D eigenvalue weighted by Gasteiger charge is -2.11. The van der Waals surface area contributed by atoms with Gasteiger partial charge in [0.1, 0.15) is 0 Å². The Labute approximate surface area is 169 Å². The molecule has 4 nitrogen and oxygen atoms in total. The number of hydrogen-bond donors (Lipinski definition) is 0. The summed E-state index contributed by atoms with van der Waals surface area (Å²) in [5, 5.41) is 2.85. The highest BCUT2D eigenvalue weighted by atomic mass is 32.2. The molecular formula is C22H16F2N2O2S. The van der Waals surface area contributed by atoms with E-state index in [1.807, 2.05) is 43.3 Å². The number of ketones is 1. The molecule has 4 rings (SSSR count). The predicted molar refractivity (Wildman–Crippen MR) is 111 cm³/mol. The number of benzene rings is 3. The molecule has 1 heterocycles. The van der Waals surface area contributed by atoms with Gasteiger partial charge in [-0.1, -0.05) is 36.0 Å². The second-order valence-corrected chi connectivity index (χ2v) is 7.44. The van der Waals surface area contributed by atoms with Gasteiger partial charge in [0.05, 0.1) is 16.7 Å². The molecule has 0 aliphatic heterocycles. The van der Waals surface area contributed by atoms with Gasteiger partial charge in [-0.15, -0.1) is 0 Å². The van der Waals surface area contributed by atoms with E-state index < -0.39 is 11.6 Å². The van der Waals surface area contributed by atoms with Crippen LogP contribution in [0, 0.1) is 11.6 Å². The Balaban J connectivity index is 1.70. The van der Waals surface area contributed by atoms with Crippen molar-refractivity contribution in [3.8, 4) is 0 Å². The number of halogens is 2. The maximum absolute atomic E-state index is 13.4. The summed E-state index contributed by atoms with van der Waals surface area (Å²) < 4.78 is 28.0. The van der Waals surface area contributed by atoms with Crippen LogP contribution in [0.4, 0.5) is 8.78 Å². The van der Waals surface area contributed by atoms with E-state index >= 15 is 0 Å². The normalized spacial score (nSPS) is 11.3. The maximum atomic E-state index is 13.4. The van der Waals surface area contributed by atoms with Crippen LogP contribution in [0.3, 0.4) is 0 Å². The number of aromatic nitrogens is 2. The number of hydrogen-bond acceptors (Lipinski definition) is 4. The Kier molecular flexibility index (Phi) is 5.15. The van der Waals surface area contributed by atoms with Crippen LogP contribution in [0.15, 0.2) is 64.5 Å². The van der Waals surface area contributed by atoms with E-state index in [0.29, 0.717) is 22.6 Å². The van der Waals surface area contributed by atoms with Crippen molar-refractivity contribution in [2.75, 3.05) is 5.75 Å². The molecule has 7 heteroatoms. The molecular weight excluding hydrogens is 394 g/mol. The zero-order valence-electron chi connectivity index (χ0n) is 15.5. The van der Waals surface area contributed by atoms with Crippen LogP contribution in [-0.2, 0) is 6.54 Å². The van der Waals surface area contributed by atoms with Crippen LogP contribution in [0.1, 0.15) is 17.3 Å². The summed E-state index contributed by atoms with van der Waals surface area (Å²) in [7, 11) is 0. The van der Waals surface area contributed by atoms with Crippen molar-refractivity contribution in [2.24, 2.45) is 0 Å². The summed E-state index contributed by atoms with van der Waals surface area (Å²) in [4.78, 5) is 29.9. The molecule has 0 atom stereocenters. The van der Waals surface area contributed by atoms with Crippen LogP contribution in [0.2, 0.25) is 0 Å². The molecule has 0 fully saturated rings. The highest BCUT2D eigenvalue weighted by Crippen LogP contribution is 2.23. The van der Waals surface area contributed by atoms with E-state index in [-0.39, 0.29) is 22.7 Å². The topological polar surface area (TPSA) is 52.0 Å². The first-order valence-corrected chi connectivity index (χ1v) is 10.0. The summed E-state index contributed by atoms with van der Waals surface area (Å²) in [6, 6.07) is 14.4. The van der Waals surface area contributed by atoms with Gasteiger partial charge in [-0.2, -0.15) is 0 Å². The Morgan fingerprint density at radius 1 is 1.03 bits per heavy atom. The monoisotopic (exact) mass is 410 g/mol. The Bertz CT molecular complexity index is 1320. The Morgan fingerprint density at radius 2 is 1.76 bits per heavy atom. The van der Waals surface area contributed by atoms with Gasteiger partial charge >= 0.3 is 0 Å². The molecule has 0 unspecified atom stereocenters. The van der Waals surface area contributed by atoms with Crippen molar-refractivity contribution in [1.29, 1.82) is 0 Å². The first-order valence-electron chi connectivity index (χ1n) is 9.02. The van der Waals surface area contributed by atoms with Crippen molar-refractivity contribution in [2.45, 2.75) is 18.6 Å². The lowest BCUT2D eigenvalue weighted by molar-refractivity contribution is 0.102. The smallest absolute Gasteiger partial charge is 0.262 e. The highest BCUT2D eigenvalue weighted by molar-refractivity contribution is 7.99. The zero-order valence-corrected chi connectivity index (χ0v) is 16.3. The number of rotatable bonds is 5. The third-order valence-electron chi connectivity index (χ3n) is 4.68. The SMILES string of the molecule is CCn1c(SCC(=O)c2ccc(F)c(F)c2)nc2cc3ccccc3cc2c1=O. The molecule has 4 aromatic rings. The van der Waals surface area contributed by atoms with Crippen molar-refractivity contribution in [1.82, 2.24) is 9.55 Å². The average Bonchev–Trinajstić information content (AvgIpc) is 2.73. The lowest BCUT2D eigenvalue weighted by atomic mass is 10.1. The largest absolute Gasteiger partial charge is 0.293 e. The van der Waals surface area contributed by atoms with Gasteiger partial charge < -0.3 is 0 Å². The molecule has 0 bridgehead atoms. The van der Waals surface area contributed by atoms with Gasteiger partial charge in [-0.3, -0.25) is 14.2 Å². The van der Waals surface area contributed by atoms with Crippen LogP contribution in [0.5, 0.6) is 0 Å². The molecule has 29 heavy (non-hydrogen) atoms. The average molecular weight is 410 g/mol. The van der Waals surface area contributed by atoms with Crippen molar-refractivity contribution < 1.29 is 13.6 Å². The van der Waals surface area contributed by atoms with Gasteiger partial charge in [-0.05, 0) is 48.0 Å². The lowest BCUT2D eigenvalue weighted by Crippen LogP contribution is -2.23. The van der Waals surface area contributed by atoms with E-state index in [4.69, 9.17) is 0 Å². The fourth-order valence-corrected chi connectivity index (χ4v) is 4.12. The Hall–Kier alpha value is -3.06. The third kappa shape index (κ3) is 3.65. The molecule has 1 aromatic heterocycles. The number of nitrogens with zero attached hydrogens (tertiary/aromatic N) is 2. The molecule has 0 saturated carbocycles. The Morgan fingerprint density at radius 3 is 2.45 bits per heavy atom. The maximum Gasteiger partial charge on any atom is 0.262 e. The quantitative estimate of drug-likeness (QED) is 0.205. The van der Waals surface area contributed by atoms with E-state index in [1.54, 1.807) is 0 Å².